The lowest BCUT2D eigenvalue weighted by Crippen LogP contribution is -2.14. The van der Waals surface area contributed by atoms with Gasteiger partial charge in [0.25, 0.3) is 0 Å². The van der Waals surface area contributed by atoms with Gasteiger partial charge in [0.2, 0.25) is 5.78 Å². The number of benzene rings is 1. The first-order chi connectivity index (χ1) is 10.1. The molecule has 0 spiro atoms. The maximum Gasteiger partial charge on any atom is 0.345 e. The van der Waals surface area contributed by atoms with Crippen LogP contribution in [0.2, 0.25) is 0 Å². The largest absolute Gasteiger partial charge is 0.462 e. The van der Waals surface area contributed by atoms with E-state index in [0.717, 1.165) is 5.56 Å². The highest BCUT2D eigenvalue weighted by Crippen LogP contribution is 2.25. The molecule has 1 aliphatic heterocycles. The summed E-state index contributed by atoms with van der Waals surface area (Å²) in [6.45, 7) is 3.48. The van der Waals surface area contributed by atoms with Crippen molar-refractivity contribution in [2.24, 2.45) is 0 Å². The van der Waals surface area contributed by atoms with Crippen LogP contribution < -0.4 is 0 Å². The van der Waals surface area contributed by atoms with Gasteiger partial charge in [-0.2, -0.15) is 0 Å². The lowest BCUT2D eigenvalue weighted by atomic mass is 10.1. The van der Waals surface area contributed by atoms with E-state index >= 15 is 0 Å². The predicted molar refractivity (Wildman–Crippen MR) is 79.0 cm³/mol. The molecule has 2 rings (SSSR count). The highest BCUT2D eigenvalue weighted by atomic mass is 16.5. The van der Waals surface area contributed by atoms with Gasteiger partial charge in [-0.3, -0.25) is 4.79 Å². The van der Waals surface area contributed by atoms with Crippen molar-refractivity contribution in [1.82, 2.24) is 0 Å². The van der Waals surface area contributed by atoms with Crippen molar-refractivity contribution in [3.63, 3.8) is 0 Å². The number of carbonyl (C=O) groups excluding carboxylic acids is 2. The second-order valence-electron chi connectivity index (χ2n) is 4.38. The molecule has 0 bridgehead atoms. The fraction of sp³-hybridized carbons (Fsp3) is 0.176. The Hall–Kier alpha value is -2.62. The Labute approximate surface area is 123 Å². The number of rotatable bonds is 4. The maximum atomic E-state index is 12.1. The highest BCUT2D eigenvalue weighted by molar-refractivity contribution is 6.25. The molecule has 1 aromatic carbocycles. The molecule has 4 nitrogen and oxygen atoms in total. The molecule has 0 saturated carbocycles. The minimum Gasteiger partial charge on any atom is -0.462 e. The predicted octanol–water partition coefficient (Wildman–Crippen LogP) is 3.02. The second kappa shape index (κ2) is 6.70. The summed E-state index contributed by atoms with van der Waals surface area (Å²) in [6.07, 6.45) is 5.11. The van der Waals surface area contributed by atoms with Gasteiger partial charge in [0.1, 0.15) is 11.3 Å². The van der Waals surface area contributed by atoms with Gasteiger partial charge in [0.15, 0.2) is 5.76 Å². The highest BCUT2D eigenvalue weighted by Gasteiger charge is 2.33. The van der Waals surface area contributed by atoms with Gasteiger partial charge in [-0.15, -0.1) is 0 Å². The molecule has 0 atom stereocenters. The molecular formula is C17H16O4. The summed E-state index contributed by atoms with van der Waals surface area (Å²) in [5.74, 6) is -0.681. The first-order valence-electron chi connectivity index (χ1n) is 6.67. The molecule has 0 N–H and O–H groups in total. The average molecular weight is 284 g/mol. The number of ether oxygens (including phenoxy) is 2. The standard InChI is InChI=1S/C17H16O4/c1-3-20-17(19)15-12(2)21-14(16(15)18)11-7-10-13-8-5-4-6-9-13/h4-11H,3H2,1-2H3/b10-7+,14-11-. The summed E-state index contributed by atoms with van der Waals surface area (Å²) in [4.78, 5) is 23.8. The number of hydrogen-bond acceptors (Lipinski definition) is 4. The van der Waals surface area contributed by atoms with Crippen molar-refractivity contribution in [3.05, 3.63) is 65.1 Å². The fourth-order valence-corrected chi connectivity index (χ4v) is 1.91. The van der Waals surface area contributed by atoms with E-state index in [4.69, 9.17) is 9.47 Å². The summed E-state index contributed by atoms with van der Waals surface area (Å²) in [6, 6.07) is 9.67. The number of Topliss-reactive ketones (excluding diaryl/α,β-unsaturated/α-hetero) is 1. The first-order valence-corrected chi connectivity index (χ1v) is 6.67. The Balaban J connectivity index is 2.11. The molecule has 0 radical (unpaired) electrons. The number of esters is 1. The Bertz CT molecular complexity index is 636. The fourth-order valence-electron chi connectivity index (χ4n) is 1.91. The van der Waals surface area contributed by atoms with Crippen LogP contribution in [0.25, 0.3) is 6.08 Å². The lowest BCUT2D eigenvalue weighted by Gasteiger charge is -1.99. The van der Waals surface area contributed by atoms with Crippen LogP contribution in [0.4, 0.5) is 0 Å². The maximum absolute atomic E-state index is 12.1. The molecule has 0 aliphatic carbocycles. The van der Waals surface area contributed by atoms with E-state index in [1.165, 1.54) is 0 Å². The summed E-state index contributed by atoms with van der Waals surface area (Å²) in [5.41, 5.74) is 0.978. The van der Waals surface area contributed by atoms with E-state index in [0.29, 0.717) is 0 Å². The zero-order chi connectivity index (χ0) is 15.2. The molecule has 1 aromatic rings. The van der Waals surface area contributed by atoms with E-state index in [9.17, 15) is 9.59 Å². The Morgan fingerprint density at radius 2 is 2.00 bits per heavy atom. The van der Waals surface area contributed by atoms with Crippen LogP contribution in [0.5, 0.6) is 0 Å². The molecule has 1 heterocycles. The molecular weight excluding hydrogens is 268 g/mol. The van der Waals surface area contributed by atoms with Crippen molar-refractivity contribution in [3.8, 4) is 0 Å². The Morgan fingerprint density at radius 3 is 2.67 bits per heavy atom. The molecule has 0 saturated heterocycles. The number of allylic oxidation sites excluding steroid dienone is 4. The van der Waals surface area contributed by atoms with Crippen molar-refractivity contribution < 1.29 is 19.1 Å². The van der Waals surface area contributed by atoms with Crippen LogP contribution >= 0.6 is 0 Å². The molecule has 1 aliphatic rings. The van der Waals surface area contributed by atoms with E-state index in [1.54, 1.807) is 26.0 Å². The van der Waals surface area contributed by atoms with Crippen molar-refractivity contribution >= 4 is 17.8 Å². The smallest absolute Gasteiger partial charge is 0.345 e. The summed E-state index contributed by atoms with van der Waals surface area (Å²) in [5, 5.41) is 0. The number of hydrogen-bond donors (Lipinski definition) is 0. The third-order valence-corrected chi connectivity index (χ3v) is 2.88. The van der Waals surface area contributed by atoms with E-state index in [2.05, 4.69) is 0 Å². The SMILES string of the molecule is CCOC(=O)C1=C(C)O/C(=C\C=C\c2ccccc2)C1=O. The quantitative estimate of drug-likeness (QED) is 0.484. The minimum absolute atomic E-state index is 0.0313. The summed E-state index contributed by atoms with van der Waals surface area (Å²) < 4.78 is 10.2. The number of carbonyl (C=O) groups is 2. The van der Waals surface area contributed by atoms with Crippen LogP contribution in [0.15, 0.2) is 59.6 Å². The van der Waals surface area contributed by atoms with Gasteiger partial charge in [-0.1, -0.05) is 42.5 Å². The van der Waals surface area contributed by atoms with Crippen molar-refractivity contribution in [2.45, 2.75) is 13.8 Å². The lowest BCUT2D eigenvalue weighted by molar-refractivity contribution is -0.139. The van der Waals surface area contributed by atoms with Crippen LogP contribution in [0.1, 0.15) is 19.4 Å². The molecule has 0 aromatic heterocycles. The van der Waals surface area contributed by atoms with E-state index in [1.807, 2.05) is 36.4 Å². The van der Waals surface area contributed by atoms with Crippen LogP contribution in [0, 0.1) is 0 Å². The minimum atomic E-state index is -0.643. The average Bonchev–Trinajstić information content (AvgIpc) is 2.75. The van der Waals surface area contributed by atoms with Gasteiger partial charge in [0.05, 0.1) is 6.61 Å². The molecule has 108 valence electrons. The molecule has 0 fully saturated rings. The zero-order valence-electron chi connectivity index (χ0n) is 12.0. The normalized spacial score (nSPS) is 16.7. The third-order valence-electron chi connectivity index (χ3n) is 2.88. The van der Waals surface area contributed by atoms with Gasteiger partial charge in [-0.25, -0.2) is 4.79 Å². The van der Waals surface area contributed by atoms with Gasteiger partial charge >= 0.3 is 5.97 Å². The van der Waals surface area contributed by atoms with Crippen LogP contribution in [-0.2, 0) is 19.1 Å². The molecule has 21 heavy (non-hydrogen) atoms. The van der Waals surface area contributed by atoms with Crippen molar-refractivity contribution in [2.75, 3.05) is 6.61 Å². The summed E-state index contributed by atoms with van der Waals surface area (Å²) in [7, 11) is 0. The van der Waals surface area contributed by atoms with Gasteiger partial charge < -0.3 is 9.47 Å². The second-order valence-corrected chi connectivity index (χ2v) is 4.38. The van der Waals surface area contributed by atoms with Crippen LogP contribution in [0.3, 0.4) is 0 Å². The van der Waals surface area contributed by atoms with Gasteiger partial charge in [-0.05, 0) is 25.5 Å². The Morgan fingerprint density at radius 1 is 1.29 bits per heavy atom. The first kappa shape index (κ1) is 14.8. The van der Waals surface area contributed by atoms with Crippen LogP contribution in [-0.4, -0.2) is 18.4 Å². The summed E-state index contributed by atoms with van der Waals surface area (Å²) >= 11 is 0. The van der Waals surface area contributed by atoms with E-state index < -0.39 is 11.8 Å². The molecule has 0 amide bonds. The number of ketones is 1. The van der Waals surface area contributed by atoms with Gasteiger partial charge in [0, 0.05) is 0 Å². The Kier molecular flexibility index (Phi) is 4.72. The van der Waals surface area contributed by atoms with Crippen molar-refractivity contribution in [1.29, 1.82) is 0 Å². The molecule has 0 unspecified atom stereocenters. The monoisotopic (exact) mass is 284 g/mol. The topological polar surface area (TPSA) is 52.6 Å². The van der Waals surface area contributed by atoms with E-state index in [-0.39, 0.29) is 23.7 Å². The third kappa shape index (κ3) is 3.48. The zero-order valence-corrected chi connectivity index (χ0v) is 12.0. The molecule has 4 heteroatoms.